The highest BCUT2D eigenvalue weighted by molar-refractivity contribution is 5.79. The highest BCUT2D eigenvalue weighted by Crippen LogP contribution is 2.29. The van der Waals surface area contributed by atoms with Gasteiger partial charge in [0.15, 0.2) is 5.82 Å². The summed E-state index contributed by atoms with van der Waals surface area (Å²) in [4.78, 5) is 19.3. The van der Waals surface area contributed by atoms with Crippen molar-refractivity contribution < 1.29 is 18.8 Å². The van der Waals surface area contributed by atoms with Crippen molar-refractivity contribution in [3.05, 3.63) is 41.5 Å². The largest absolute Gasteiger partial charge is 0.497 e. The Morgan fingerprint density at radius 3 is 3.03 bits per heavy atom. The highest BCUT2D eigenvalue weighted by atomic mass is 16.5. The number of piperidine rings is 1. The number of methoxy groups -OCH3 is 1. The molecule has 0 spiro atoms. The third-order valence-electron chi connectivity index (χ3n) is 5.62. The zero-order valence-corrected chi connectivity index (χ0v) is 17.0. The van der Waals surface area contributed by atoms with Crippen molar-refractivity contribution in [2.24, 2.45) is 5.92 Å². The molecule has 7 heteroatoms. The highest BCUT2D eigenvalue weighted by Gasteiger charge is 2.28. The van der Waals surface area contributed by atoms with Gasteiger partial charge in [-0.25, -0.2) is 0 Å². The van der Waals surface area contributed by atoms with E-state index in [1.165, 1.54) is 12.8 Å². The van der Waals surface area contributed by atoms with Crippen LogP contribution in [0, 0.1) is 5.92 Å². The van der Waals surface area contributed by atoms with E-state index in [2.05, 4.69) is 10.1 Å². The van der Waals surface area contributed by atoms with E-state index in [0.717, 1.165) is 43.2 Å². The lowest BCUT2D eigenvalue weighted by molar-refractivity contribution is -0.131. The number of likely N-dealkylation sites (tertiary alicyclic amines) is 1. The fourth-order valence-electron chi connectivity index (χ4n) is 3.71. The van der Waals surface area contributed by atoms with E-state index in [-0.39, 0.29) is 11.8 Å². The van der Waals surface area contributed by atoms with E-state index in [0.29, 0.717) is 37.7 Å². The molecule has 1 aliphatic heterocycles. The standard InChI is InChI=1S/C22H29N3O4/c1-27-19-6-2-4-17(12-19)13-21(26)25-10-3-5-18(14-25)22-23-20(24-29-22)9-11-28-15-16-7-8-16/h2,4,6,12,16,18H,3,5,7-11,13-15H2,1H3. The fourth-order valence-corrected chi connectivity index (χ4v) is 3.71. The molecule has 0 N–H and O–H groups in total. The SMILES string of the molecule is COc1cccc(CC(=O)N2CCCC(c3nc(CCOCC4CC4)no3)C2)c1. The van der Waals surface area contributed by atoms with Crippen LogP contribution < -0.4 is 4.74 Å². The Labute approximate surface area is 171 Å². The van der Waals surface area contributed by atoms with Crippen LogP contribution >= 0.6 is 0 Å². The topological polar surface area (TPSA) is 77.7 Å². The molecule has 1 atom stereocenters. The third-order valence-corrected chi connectivity index (χ3v) is 5.62. The van der Waals surface area contributed by atoms with Crippen molar-refractivity contribution in [2.75, 3.05) is 33.4 Å². The molecular weight excluding hydrogens is 370 g/mol. The molecular formula is C22H29N3O4. The van der Waals surface area contributed by atoms with Gasteiger partial charge >= 0.3 is 0 Å². The summed E-state index contributed by atoms with van der Waals surface area (Å²) < 4.78 is 16.4. The molecule has 1 aromatic carbocycles. The summed E-state index contributed by atoms with van der Waals surface area (Å²) in [6.07, 6.45) is 5.53. The molecule has 2 aliphatic rings. The van der Waals surface area contributed by atoms with Crippen LogP contribution in [-0.4, -0.2) is 54.4 Å². The van der Waals surface area contributed by atoms with Crippen LogP contribution in [0.25, 0.3) is 0 Å². The van der Waals surface area contributed by atoms with Crippen LogP contribution in [0.4, 0.5) is 0 Å². The van der Waals surface area contributed by atoms with Gasteiger partial charge in [-0.3, -0.25) is 4.79 Å². The third kappa shape index (κ3) is 5.56. The van der Waals surface area contributed by atoms with Crippen LogP contribution in [0.3, 0.4) is 0 Å². The number of amides is 1. The van der Waals surface area contributed by atoms with E-state index in [1.54, 1.807) is 7.11 Å². The van der Waals surface area contributed by atoms with Gasteiger partial charge < -0.3 is 18.9 Å². The molecule has 1 aliphatic carbocycles. The average Bonchev–Trinajstić information content (AvgIpc) is 3.46. The molecule has 156 valence electrons. The molecule has 1 aromatic heterocycles. The lowest BCUT2D eigenvalue weighted by Gasteiger charge is -2.31. The van der Waals surface area contributed by atoms with E-state index < -0.39 is 0 Å². The first-order valence-electron chi connectivity index (χ1n) is 10.5. The smallest absolute Gasteiger partial charge is 0.231 e. The van der Waals surface area contributed by atoms with Crippen molar-refractivity contribution in [1.82, 2.24) is 15.0 Å². The number of aromatic nitrogens is 2. The maximum absolute atomic E-state index is 12.8. The van der Waals surface area contributed by atoms with Gasteiger partial charge in [-0.2, -0.15) is 4.98 Å². The fraction of sp³-hybridized carbons (Fsp3) is 0.591. The molecule has 1 amide bonds. The Kier molecular flexibility index (Phi) is 6.44. The Morgan fingerprint density at radius 2 is 2.21 bits per heavy atom. The molecule has 7 nitrogen and oxygen atoms in total. The first kappa shape index (κ1) is 19.9. The Balaban J connectivity index is 1.28. The number of hydrogen-bond donors (Lipinski definition) is 0. The molecule has 1 saturated carbocycles. The number of carbonyl (C=O) groups excluding carboxylic acids is 1. The first-order chi connectivity index (χ1) is 14.2. The van der Waals surface area contributed by atoms with Gasteiger partial charge in [0.1, 0.15) is 5.75 Å². The first-order valence-corrected chi connectivity index (χ1v) is 10.5. The van der Waals surface area contributed by atoms with E-state index in [4.69, 9.17) is 14.0 Å². The summed E-state index contributed by atoms with van der Waals surface area (Å²) in [5, 5.41) is 4.10. The minimum Gasteiger partial charge on any atom is -0.497 e. The van der Waals surface area contributed by atoms with Gasteiger partial charge in [0.05, 0.1) is 26.1 Å². The molecule has 0 radical (unpaired) electrons. The van der Waals surface area contributed by atoms with Crippen LogP contribution in [0.5, 0.6) is 5.75 Å². The van der Waals surface area contributed by atoms with Crippen LogP contribution in [0.2, 0.25) is 0 Å². The second-order valence-corrected chi connectivity index (χ2v) is 8.02. The molecule has 4 rings (SSSR count). The van der Waals surface area contributed by atoms with Gasteiger partial charge in [-0.1, -0.05) is 17.3 Å². The lowest BCUT2D eigenvalue weighted by atomic mass is 9.97. The summed E-state index contributed by atoms with van der Waals surface area (Å²) in [5.74, 6) is 3.09. The Bertz CT molecular complexity index is 818. The molecule has 1 unspecified atom stereocenters. The summed E-state index contributed by atoms with van der Waals surface area (Å²) in [6, 6.07) is 7.66. The summed E-state index contributed by atoms with van der Waals surface area (Å²) in [7, 11) is 1.63. The van der Waals surface area contributed by atoms with Crippen molar-refractivity contribution in [2.45, 2.75) is 44.4 Å². The van der Waals surface area contributed by atoms with Gasteiger partial charge in [0.2, 0.25) is 11.8 Å². The van der Waals surface area contributed by atoms with Crippen LogP contribution in [0.1, 0.15) is 48.9 Å². The van der Waals surface area contributed by atoms with E-state index >= 15 is 0 Å². The second kappa shape index (κ2) is 9.39. The van der Waals surface area contributed by atoms with Crippen molar-refractivity contribution >= 4 is 5.91 Å². The van der Waals surface area contributed by atoms with Crippen molar-refractivity contribution in [3.63, 3.8) is 0 Å². The predicted molar refractivity (Wildman–Crippen MR) is 107 cm³/mol. The molecule has 2 aromatic rings. The van der Waals surface area contributed by atoms with Gasteiger partial charge in [-0.15, -0.1) is 0 Å². The Hall–Kier alpha value is -2.41. The van der Waals surface area contributed by atoms with E-state index in [1.807, 2.05) is 29.2 Å². The maximum Gasteiger partial charge on any atom is 0.231 e. The zero-order valence-electron chi connectivity index (χ0n) is 17.0. The molecule has 2 heterocycles. The lowest BCUT2D eigenvalue weighted by Crippen LogP contribution is -2.40. The van der Waals surface area contributed by atoms with Crippen molar-refractivity contribution in [1.29, 1.82) is 0 Å². The monoisotopic (exact) mass is 399 g/mol. The summed E-state index contributed by atoms with van der Waals surface area (Å²) >= 11 is 0. The molecule has 0 bridgehead atoms. The predicted octanol–water partition coefficient (Wildman–Crippen LogP) is 3.00. The maximum atomic E-state index is 12.8. The summed E-state index contributed by atoms with van der Waals surface area (Å²) in [6.45, 7) is 2.88. The number of rotatable bonds is 9. The minimum atomic E-state index is 0.103. The molecule has 2 fully saturated rings. The van der Waals surface area contributed by atoms with Gasteiger partial charge in [0.25, 0.3) is 0 Å². The quantitative estimate of drug-likeness (QED) is 0.603. The van der Waals surface area contributed by atoms with E-state index in [9.17, 15) is 4.79 Å². The Morgan fingerprint density at radius 1 is 1.31 bits per heavy atom. The minimum absolute atomic E-state index is 0.103. The molecule has 1 saturated heterocycles. The van der Waals surface area contributed by atoms with Gasteiger partial charge in [0, 0.05) is 26.1 Å². The van der Waals surface area contributed by atoms with Crippen molar-refractivity contribution in [3.8, 4) is 5.75 Å². The summed E-state index contributed by atoms with van der Waals surface area (Å²) in [5.41, 5.74) is 0.961. The molecule has 29 heavy (non-hydrogen) atoms. The number of hydrogen-bond acceptors (Lipinski definition) is 6. The number of benzene rings is 1. The number of carbonyl (C=O) groups is 1. The van der Waals surface area contributed by atoms with Crippen LogP contribution in [-0.2, 0) is 22.4 Å². The zero-order chi connectivity index (χ0) is 20.1. The number of ether oxygens (including phenoxy) is 2. The average molecular weight is 399 g/mol. The second-order valence-electron chi connectivity index (χ2n) is 8.02. The number of nitrogens with zero attached hydrogens (tertiary/aromatic N) is 3. The van der Waals surface area contributed by atoms with Gasteiger partial charge in [-0.05, 0) is 49.3 Å². The normalized spacial score (nSPS) is 19.3. The van der Waals surface area contributed by atoms with Crippen LogP contribution in [0.15, 0.2) is 28.8 Å².